The Kier molecular flexibility index (Phi) is 6.49. The SMILES string of the molecule is COC(=O)c1c(NC(=O)/C=C/c2cccc(Cl)c2)sc2c1CCC(C(C)(C)C)C2. The molecule has 29 heavy (non-hydrogen) atoms. The van der Waals surface area contributed by atoms with Crippen LogP contribution in [0.4, 0.5) is 5.00 Å². The maximum Gasteiger partial charge on any atom is 0.341 e. The molecule has 4 nitrogen and oxygen atoms in total. The summed E-state index contributed by atoms with van der Waals surface area (Å²) in [5.41, 5.74) is 2.57. The van der Waals surface area contributed by atoms with E-state index in [2.05, 4.69) is 26.1 Å². The fraction of sp³-hybridized carbons (Fsp3) is 0.391. The molecular weight excluding hydrogens is 406 g/mol. The molecule has 1 heterocycles. The first-order valence-electron chi connectivity index (χ1n) is 9.66. The number of amides is 1. The van der Waals surface area contributed by atoms with Crippen LogP contribution < -0.4 is 5.32 Å². The zero-order valence-corrected chi connectivity index (χ0v) is 18.7. The molecular formula is C23H26ClNO3S. The van der Waals surface area contributed by atoms with Gasteiger partial charge in [0.25, 0.3) is 0 Å². The fourth-order valence-electron chi connectivity index (χ4n) is 3.67. The smallest absolute Gasteiger partial charge is 0.341 e. The number of benzene rings is 1. The van der Waals surface area contributed by atoms with Crippen LogP contribution in [0.2, 0.25) is 5.02 Å². The normalized spacial score (nSPS) is 16.5. The first-order valence-corrected chi connectivity index (χ1v) is 10.9. The number of hydrogen-bond acceptors (Lipinski definition) is 4. The summed E-state index contributed by atoms with van der Waals surface area (Å²) in [6.07, 6.45) is 5.92. The van der Waals surface area contributed by atoms with E-state index in [1.807, 2.05) is 12.1 Å². The summed E-state index contributed by atoms with van der Waals surface area (Å²) in [5.74, 6) is -0.141. The molecule has 1 N–H and O–H groups in total. The van der Waals surface area contributed by atoms with Gasteiger partial charge in [-0.15, -0.1) is 11.3 Å². The number of nitrogens with one attached hydrogen (secondary N) is 1. The van der Waals surface area contributed by atoms with Crippen molar-refractivity contribution in [2.45, 2.75) is 40.0 Å². The molecule has 0 aliphatic heterocycles. The molecule has 6 heteroatoms. The summed E-state index contributed by atoms with van der Waals surface area (Å²) in [4.78, 5) is 26.1. The van der Waals surface area contributed by atoms with E-state index in [1.54, 1.807) is 18.2 Å². The Morgan fingerprint density at radius 1 is 1.31 bits per heavy atom. The van der Waals surface area contributed by atoms with Crippen LogP contribution in [0.1, 0.15) is 53.6 Å². The van der Waals surface area contributed by atoms with Gasteiger partial charge in [0, 0.05) is 16.0 Å². The molecule has 0 radical (unpaired) electrons. The Bertz CT molecular complexity index is 956. The van der Waals surface area contributed by atoms with Crippen LogP contribution in [0, 0.1) is 11.3 Å². The average Bonchev–Trinajstić information content (AvgIpc) is 3.02. The Balaban J connectivity index is 1.84. The monoisotopic (exact) mass is 431 g/mol. The largest absolute Gasteiger partial charge is 0.465 e. The number of hydrogen-bond donors (Lipinski definition) is 1. The van der Waals surface area contributed by atoms with Gasteiger partial charge in [-0.1, -0.05) is 44.5 Å². The molecule has 3 rings (SSSR count). The Hall–Kier alpha value is -2.11. The van der Waals surface area contributed by atoms with E-state index < -0.39 is 5.97 Å². The molecule has 2 aromatic rings. The number of esters is 1. The minimum absolute atomic E-state index is 0.205. The van der Waals surface area contributed by atoms with Crippen LogP contribution >= 0.6 is 22.9 Å². The molecule has 0 saturated heterocycles. The van der Waals surface area contributed by atoms with Crippen molar-refractivity contribution in [2.75, 3.05) is 12.4 Å². The first kappa shape index (κ1) is 21.6. The Morgan fingerprint density at radius 3 is 2.72 bits per heavy atom. The third kappa shape index (κ3) is 5.09. The molecule has 1 amide bonds. The van der Waals surface area contributed by atoms with E-state index >= 15 is 0 Å². The molecule has 1 unspecified atom stereocenters. The minimum Gasteiger partial charge on any atom is -0.465 e. The summed E-state index contributed by atoms with van der Waals surface area (Å²) in [6, 6.07) is 7.25. The van der Waals surface area contributed by atoms with Crippen molar-refractivity contribution in [2.24, 2.45) is 11.3 Å². The minimum atomic E-state index is -0.397. The molecule has 1 atom stereocenters. The lowest BCUT2D eigenvalue weighted by atomic mass is 9.72. The van der Waals surface area contributed by atoms with Gasteiger partial charge in [0.1, 0.15) is 5.00 Å². The standard InChI is InChI=1S/C23H26ClNO3S/c1-23(2,3)15-9-10-17-18(13-15)29-21(20(17)22(27)28-4)25-19(26)11-8-14-6-5-7-16(24)12-14/h5-8,11-12,15H,9-10,13H2,1-4H3,(H,25,26)/b11-8+. The second kappa shape index (κ2) is 8.72. The zero-order chi connectivity index (χ0) is 21.2. The van der Waals surface area contributed by atoms with Gasteiger partial charge >= 0.3 is 5.97 Å². The summed E-state index contributed by atoms with van der Waals surface area (Å²) in [7, 11) is 1.37. The van der Waals surface area contributed by atoms with Crippen molar-refractivity contribution in [3.05, 3.63) is 56.9 Å². The highest BCUT2D eigenvalue weighted by Gasteiger charge is 2.34. The van der Waals surface area contributed by atoms with Crippen LogP contribution in [-0.2, 0) is 22.4 Å². The maximum absolute atomic E-state index is 12.5. The quantitative estimate of drug-likeness (QED) is 0.477. The highest BCUT2D eigenvalue weighted by molar-refractivity contribution is 7.17. The Labute approximate surface area is 180 Å². The number of rotatable bonds is 4. The second-order valence-corrected chi connectivity index (χ2v) is 9.92. The maximum atomic E-state index is 12.5. The lowest BCUT2D eigenvalue weighted by Gasteiger charge is -2.33. The van der Waals surface area contributed by atoms with Crippen molar-refractivity contribution in [3.8, 4) is 0 Å². The van der Waals surface area contributed by atoms with Gasteiger partial charge in [0.2, 0.25) is 5.91 Å². The van der Waals surface area contributed by atoms with Crippen molar-refractivity contribution in [3.63, 3.8) is 0 Å². The number of halogens is 1. The molecule has 0 spiro atoms. The molecule has 1 aliphatic carbocycles. The van der Waals surface area contributed by atoms with Crippen LogP contribution in [0.15, 0.2) is 30.3 Å². The van der Waals surface area contributed by atoms with Gasteiger partial charge in [-0.25, -0.2) is 4.79 Å². The van der Waals surface area contributed by atoms with Crippen molar-refractivity contribution < 1.29 is 14.3 Å². The van der Waals surface area contributed by atoms with E-state index in [0.29, 0.717) is 21.5 Å². The van der Waals surface area contributed by atoms with Crippen molar-refractivity contribution in [1.29, 1.82) is 0 Å². The number of fused-ring (bicyclic) bond motifs is 1. The average molecular weight is 432 g/mol. The molecule has 1 aromatic carbocycles. The highest BCUT2D eigenvalue weighted by Crippen LogP contribution is 2.44. The molecule has 0 fully saturated rings. The summed E-state index contributed by atoms with van der Waals surface area (Å²) < 4.78 is 5.00. The predicted molar refractivity (Wildman–Crippen MR) is 120 cm³/mol. The van der Waals surface area contributed by atoms with Crippen molar-refractivity contribution >= 4 is 45.9 Å². The van der Waals surface area contributed by atoms with E-state index in [9.17, 15) is 9.59 Å². The van der Waals surface area contributed by atoms with Crippen LogP contribution in [0.25, 0.3) is 6.08 Å². The molecule has 0 saturated carbocycles. The Morgan fingerprint density at radius 2 is 2.07 bits per heavy atom. The molecule has 0 bridgehead atoms. The summed E-state index contributed by atoms with van der Waals surface area (Å²) in [6.45, 7) is 6.75. The second-order valence-electron chi connectivity index (χ2n) is 8.38. The van der Waals surface area contributed by atoms with Gasteiger partial charge in [0.05, 0.1) is 12.7 Å². The first-order chi connectivity index (χ1) is 13.7. The van der Waals surface area contributed by atoms with E-state index in [1.165, 1.54) is 29.4 Å². The topological polar surface area (TPSA) is 55.4 Å². The number of methoxy groups -OCH3 is 1. The number of anilines is 1. The van der Waals surface area contributed by atoms with E-state index in [4.69, 9.17) is 16.3 Å². The van der Waals surface area contributed by atoms with Gasteiger partial charge in [0.15, 0.2) is 0 Å². The molecule has 154 valence electrons. The molecule has 1 aliphatic rings. The van der Waals surface area contributed by atoms with Gasteiger partial charge in [-0.3, -0.25) is 4.79 Å². The predicted octanol–water partition coefficient (Wildman–Crippen LogP) is 5.99. The highest BCUT2D eigenvalue weighted by atomic mass is 35.5. The number of carbonyl (C=O) groups is 2. The van der Waals surface area contributed by atoms with Crippen LogP contribution in [0.5, 0.6) is 0 Å². The fourth-order valence-corrected chi connectivity index (χ4v) is 5.18. The van der Waals surface area contributed by atoms with Crippen molar-refractivity contribution in [1.82, 2.24) is 0 Å². The van der Waals surface area contributed by atoms with Crippen LogP contribution in [0.3, 0.4) is 0 Å². The summed E-state index contributed by atoms with van der Waals surface area (Å²) >= 11 is 7.47. The van der Waals surface area contributed by atoms with E-state index in [-0.39, 0.29) is 11.3 Å². The van der Waals surface area contributed by atoms with E-state index in [0.717, 1.165) is 30.4 Å². The lowest BCUT2D eigenvalue weighted by molar-refractivity contribution is -0.111. The lowest BCUT2D eigenvalue weighted by Crippen LogP contribution is -2.26. The van der Waals surface area contributed by atoms with Crippen LogP contribution in [-0.4, -0.2) is 19.0 Å². The zero-order valence-electron chi connectivity index (χ0n) is 17.2. The van der Waals surface area contributed by atoms with Gasteiger partial charge < -0.3 is 10.1 Å². The molecule has 1 aromatic heterocycles. The summed E-state index contributed by atoms with van der Waals surface area (Å²) in [5, 5.41) is 4.06. The van der Waals surface area contributed by atoms with Gasteiger partial charge in [-0.2, -0.15) is 0 Å². The third-order valence-corrected chi connectivity index (χ3v) is 6.80. The number of carbonyl (C=O) groups excluding carboxylic acids is 2. The van der Waals surface area contributed by atoms with Gasteiger partial charge in [-0.05, 0) is 59.9 Å². The number of thiophene rings is 1. The third-order valence-electron chi connectivity index (χ3n) is 5.39. The number of ether oxygens (including phenoxy) is 1.